The summed E-state index contributed by atoms with van der Waals surface area (Å²) in [5.41, 5.74) is 4.30. The van der Waals surface area contributed by atoms with Gasteiger partial charge in [0.1, 0.15) is 0 Å². The standard InChI is InChI=1S/C14H21NO/c1-3-13(10-16-2)15-14-8-7-11-5-4-6-12(11)9-14/h7-9,13,15H,3-6,10H2,1-2H3. The van der Waals surface area contributed by atoms with Crippen molar-refractivity contribution in [2.45, 2.75) is 38.6 Å². The summed E-state index contributed by atoms with van der Waals surface area (Å²) in [6, 6.07) is 7.19. The SMILES string of the molecule is CCC(COC)Nc1ccc2c(c1)CCC2. The van der Waals surface area contributed by atoms with Crippen molar-refractivity contribution < 1.29 is 4.74 Å². The summed E-state index contributed by atoms with van der Waals surface area (Å²) in [5.74, 6) is 0. The maximum atomic E-state index is 5.20. The van der Waals surface area contributed by atoms with Gasteiger partial charge < -0.3 is 10.1 Å². The van der Waals surface area contributed by atoms with Crippen LogP contribution < -0.4 is 5.32 Å². The zero-order valence-corrected chi connectivity index (χ0v) is 10.3. The molecule has 0 amide bonds. The summed E-state index contributed by atoms with van der Waals surface area (Å²) < 4.78 is 5.20. The molecule has 0 spiro atoms. The Morgan fingerprint density at radius 1 is 1.31 bits per heavy atom. The van der Waals surface area contributed by atoms with E-state index in [1.54, 1.807) is 7.11 Å². The minimum atomic E-state index is 0.421. The van der Waals surface area contributed by atoms with Gasteiger partial charge in [-0.15, -0.1) is 0 Å². The molecule has 0 bridgehead atoms. The fourth-order valence-electron chi connectivity index (χ4n) is 2.36. The maximum absolute atomic E-state index is 5.20. The highest BCUT2D eigenvalue weighted by atomic mass is 16.5. The van der Waals surface area contributed by atoms with Crippen molar-refractivity contribution in [2.24, 2.45) is 0 Å². The van der Waals surface area contributed by atoms with E-state index in [-0.39, 0.29) is 0 Å². The Bertz CT molecular complexity index is 349. The number of hydrogen-bond acceptors (Lipinski definition) is 2. The van der Waals surface area contributed by atoms with E-state index in [1.165, 1.54) is 36.1 Å². The Hall–Kier alpha value is -1.02. The summed E-state index contributed by atoms with van der Waals surface area (Å²) in [6.07, 6.45) is 4.90. The molecule has 1 N–H and O–H groups in total. The molecule has 0 saturated carbocycles. The third-order valence-electron chi connectivity index (χ3n) is 3.33. The molecule has 1 aromatic rings. The number of aryl methyl sites for hydroxylation is 2. The Kier molecular flexibility index (Phi) is 3.83. The number of nitrogens with one attached hydrogen (secondary N) is 1. The van der Waals surface area contributed by atoms with Crippen LogP contribution in [0.4, 0.5) is 5.69 Å². The lowest BCUT2D eigenvalue weighted by atomic mass is 10.1. The normalized spacial score (nSPS) is 15.9. The minimum Gasteiger partial charge on any atom is -0.383 e. The lowest BCUT2D eigenvalue weighted by Crippen LogP contribution is -2.23. The second kappa shape index (κ2) is 5.35. The van der Waals surface area contributed by atoms with Crippen molar-refractivity contribution >= 4 is 5.69 Å². The molecule has 1 unspecified atom stereocenters. The molecule has 1 atom stereocenters. The molecule has 1 aliphatic rings. The first-order valence-electron chi connectivity index (χ1n) is 6.20. The molecular formula is C14H21NO. The fraction of sp³-hybridized carbons (Fsp3) is 0.571. The second-order valence-corrected chi connectivity index (χ2v) is 4.54. The number of benzene rings is 1. The molecule has 0 aliphatic heterocycles. The van der Waals surface area contributed by atoms with Gasteiger partial charge in [0.05, 0.1) is 6.61 Å². The highest BCUT2D eigenvalue weighted by Gasteiger charge is 2.12. The average Bonchev–Trinajstić information content (AvgIpc) is 2.75. The molecule has 2 nitrogen and oxygen atoms in total. The van der Waals surface area contributed by atoms with Crippen LogP contribution >= 0.6 is 0 Å². The van der Waals surface area contributed by atoms with Gasteiger partial charge in [0.15, 0.2) is 0 Å². The molecule has 2 heteroatoms. The fourth-order valence-corrected chi connectivity index (χ4v) is 2.36. The molecule has 16 heavy (non-hydrogen) atoms. The first kappa shape index (κ1) is 11.5. The second-order valence-electron chi connectivity index (χ2n) is 4.54. The van der Waals surface area contributed by atoms with E-state index in [2.05, 4.69) is 30.4 Å². The zero-order valence-electron chi connectivity index (χ0n) is 10.3. The van der Waals surface area contributed by atoms with Crippen LogP contribution in [0.25, 0.3) is 0 Å². The lowest BCUT2D eigenvalue weighted by molar-refractivity contribution is 0.184. The number of ether oxygens (including phenoxy) is 1. The number of hydrogen-bond donors (Lipinski definition) is 1. The first-order chi connectivity index (χ1) is 7.83. The van der Waals surface area contributed by atoms with Crippen molar-refractivity contribution in [2.75, 3.05) is 19.0 Å². The van der Waals surface area contributed by atoms with Gasteiger partial charge in [-0.05, 0) is 48.9 Å². The topological polar surface area (TPSA) is 21.3 Å². The Morgan fingerprint density at radius 2 is 2.12 bits per heavy atom. The lowest BCUT2D eigenvalue weighted by Gasteiger charge is -2.18. The average molecular weight is 219 g/mol. The minimum absolute atomic E-state index is 0.421. The summed E-state index contributed by atoms with van der Waals surface area (Å²) in [4.78, 5) is 0. The van der Waals surface area contributed by atoms with E-state index in [9.17, 15) is 0 Å². The first-order valence-corrected chi connectivity index (χ1v) is 6.20. The van der Waals surface area contributed by atoms with E-state index in [4.69, 9.17) is 4.74 Å². The number of fused-ring (bicyclic) bond motifs is 1. The van der Waals surface area contributed by atoms with Gasteiger partial charge in [-0.2, -0.15) is 0 Å². The Balaban J connectivity index is 2.04. The van der Waals surface area contributed by atoms with Crippen molar-refractivity contribution in [3.8, 4) is 0 Å². The summed E-state index contributed by atoms with van der Waals surface area (Å²) in [5, 5.41) is 3.53. The van der Waals surface area contributed by atoms with Crippen molar-refractivity contribution in [3.63, 3.8) is 0 Å². The van der Waals surface area contributed by atoms with Crippen LogP contribution in [-0.2, 0) is 17.6 Å². The van der Waals surface area contributed by atoms with Gasteiger partial charge >= 0.3 is 0 Å². The largest absolute Gasteiger partial charge is 0.383 e. The van der Waals surface area contributed by atoms with Crippen LogP contribution in [0.5, 0.6) is 0 Å². The molecule has 0 radical (unpaired) electrons. The third kappa shape index (κ3) is 2.56. The van der Waals surface area contributed by atoms with E-state index in [0.717, 1.165) is 13.0 Å². The molecule has 0 heterocycles. The molecular weight excluding hydrogens is 198 g/mol. The van der Waals surface area contributed by atoms with Crippen molar-refractivity contribution in [3.05, 3.63) is 29.3 Å². The number of anilines is 1. The molecule has 0 saturated heterocycles. The predicted octanol–water partition coefficient (Wildman–Crippen LogP) is 3.01. The van der Waals surface area contributed by atoms with Crippen LogP contribution in [0, 0.1) is 0 Å². The van der Waals surface area contributed by atoms with E-state index in [0.29, 0.717) is 6.04 Å². The number of rotatable bonds is 5. The molecule has 1 aromatic carbocycles. The molecule has 2 rings (SSSR count). The third-order valence-corrected chi connectivity index (χ3v) is 3.33. The predicted molar refractivity (Wildman–Crippen MR) is 68.0 cm³/mol. The smallest absolute Gasteiger partial charge is 0.0663 e. The van der Waals surface area contributed by atoms with Crippen LogP contribution in [0.15, 0.2) is 18.2 Å². The van der Waals surface area contributed by atoms with Crippen molar-refractivity contribution in [1.29, 1.82) is 0 Å². The number of methoxy groups -OCH3 is 1. The Morgan fingerprint density at radius 3 is 2.88 bits per heavy atom. The van der Waals surface area contributed by atoms with Crippen LogP contribution in [0.2, 0.25) is 0 Å². The monoisotopic (exact) mass is 219 g/mol. The summed E-state index contributed by atoms with van der Waals surface area (Å²) in [6.45, 7) is 2.96. The highest BCUT2D eigenvalue weighted by molar-refractivity contribution is 5.50. The van der Waals surface area contributed by atoms with E-state index >= 15 is 0 Å². The van der Waals surface area contributed by atoms with Gasteiger partial charge in [0.2, 0.25) is 0 Å². The zero-order chi connectivity index (χ0) is 11.4. The Labute approximate surface area is 98.0 Å². The molecule has 0 aromatic heterocycles. The van der Waals surface area contributed by atoms with E-state index in [1.807, 2.05) is 0 Å². The van der Waals surface area contributed by atoms with Gasteiger partial charge in [-0.25, -0.2) is 0 Å². The molecule has 88 valence electrons. The molecule has 0 fully saturated rings. The summed E-state index contributed by atoms with van der Waals surface area (Å²) >= 11 is 0. The van der Waals surface area contributed by atoms with Crippen LogP contribution in [-0.4, -0.2) is 19.8 Å². The van der Waals surface area contributed by atoms with Gasteiger partial charge in [0, 0.05) is 18.8 Å². The highest BCUT2D eigenvalue weighted by Crippen LogP contribution is 2.25. The quantitative estimate of drug-likeness (QED) is 0.822. The molecule has 1 aliphatic carbocycles. The summed E-state index contributed by atoms with van der Waals surface area (Å²) in [7, 11) is 1.76. The van der Waals surface area contributed by atoms with Crippen molar-refractivity contribution in [1.82, 2.24) is 0 Å². The van der Waals surface area contributed by atoms with Gasteiger partial charge in [-0.1, -0.05) is 13.0 Å². The van der Waals surface area contributed by atoms with Crippen LogP contribution in [0.3, 0.4) is 0 Å². The maximum Gasteiger partial charge on any atom is 0.0663 e. The van der Waals surface area contributed by atoms with E-state index < -0.39 is 0 Å². The van der Waals surface area contributed by atoms with Gasteiger partial charge in [0.25, 0.3) is 0 Å². The van der Waals surface area contributed by atoms with Crippen LogP contribution in [0.1, 0.15) is 30.9 Å². The van der Waals surface area contributed by atoms with Gasteiger partial charge in [-0.3, -0.25) is 0 Å².